The molecule has 3 rings (SSSR count). The highest BCUT2D eigenvalue weighted by molar-refractivity contribution is 7.91. The number of carbonyl (C=O) groups is 1. The Morgan fingerprint density at radius 1 is 1.10 bits per heavy atom. The molecule has 1 aromatic carbocycles. The number of amides is 1. The molecule has 6 nitrogen and oxygen atoms in total. The quantitative estimate of drug-likeness (QED) is 0.590. The largest absolute Gasteiger partial charge is 0.330 e. The fourth-order valence-electron chi connectivity index (χ4n) is 3.30. The molecule has 0 aliphatic carbocycles. The van der Waals surface area contributed by atoms with Crippen molar-refractivity contribution in [3.8, 4) is 0 Å². The van der Waals surface area contributed by atoms with Crippen LogP contribution in [0.15, 0.2) is 58.6 Å². The van der Waals surface area contributed by atoms with Gasteiger partial charge in [0.1, 0.15) is 16.5 Å². The van der Waals surface area contributed by atoms with Crippen LogP contribution in [0.3, 0.4) is 0 Å². The average molecular weight is 430 g/mol. The van der Waals surface area contributed by atoms with Crippen LogP contribution in [0, 0.1) is 25.6 Å². The van der Waals surface area contributed by atoms with Gasteiger partial charge < -0.3 is 9.88 Å². The van der Waals surface area contributed by atoms with Crippen molar-refractivity contribution < 1.29 is 17.6 Å². The van der Waals surface area contributed by atoms with Gasteiger partial charge in [0.15, 0.2) is 0 Å². The number of anilines is 1. The first-order valence-electron chi connectivity index (χ1n) is 9.54. The van der Waals surface area contributed by atoms with E-state index < -0.39 is 21.6 Å². The number of pyridine rings is 1. The summed E-state index contributed by atoms with van der Waals surface area (Å²) in [5.41, 5.74) is 1.65. The van der Waals surface area contributed by atoms with Crippen LogP contribution in [-0.4, -0.2) is 23.9 Å². The maximum atomic E-state index is 13.5. The zero-order valence-corrected chi connectivity index (χ0v) is 18.1. The van der Waals surface area contributed by atoms with Crippen molar-refractivity contribution in [2.75, 3.05) is 5.32 Å². The maximum absolute atomic E-state index is 13.5. The zero-order valence-electron chi connectivity index (χ0n) is 17.3. The second kappa shape index (κ2) is 8.39. The van der Waals surface area contributed by atoms with Crippen LogP contribution in [0.5, 0.6) is 0 Å². The van der Waals surface area contributed by atoms with E-state index in [4.69, 9.17) is 0 Å². The Hall–Kier alpha value is -3.00. The summed E-state index contributed by atoms with van der Waals surface area (Å²) in [6.07, 6.45) is 2.99. The van der Waals surface area contributed by atoms with E-state index in [9.17, 15) is 17.6 Å². The predicted octanol–water partition coefficient (Wildman–Crippen LogP) is 4.38. The van der Waals surface area contributed by atoms with Crippen molar-refractivity contribution in [1.82, 2.24) is 9.55 Å². The van der Waals surface area contributed by atoms with Crippen molar-refractivity contribution in [3.05, 3.63) is 71.4 Å². The molecule has 0 spiro atoms. The highest BCUT2D eigenvalue weighted by Gasteiger charge is 2.31. The Bertz CT molecular complexity index is 1170. The van der Waals surface area contributed by atoms with Gasteiger partial charge in [-0.25, -0.2) is 12.8 Å². The lowest BCUT2D eigenvalue weighted by Gasteiger charge is -2.16. The Labute approximate surface area is 175 Å². The summed E-state index contributed by atoms with van der Waals surface area (Å²) in [5, 5.41) is 2.79. The molecule has 0 unspecified atom stereocenters. The second-order valence-electron chi connectivity index (χ2n) is 7.54. The predicted molar refractivity (Wildman–Crippen MR) is 113 cm³/mol. The summed E-state index contributed by atoms with van der Waals surface area (Å²) < 4.78 is 42.1. The van der Waals surface area contributed by atoms with E-state index in [0.29, 0.717) is 17.7 Å². The van der Waals surface area contributed by atoms with Crippen molar-refractivity contribution in [1.29, 1.82) is 0 Å². The molecular weight excluding hydrogens is 405 g/mol. The fraction of sp³-hybridized carbons (Fsp3) is 0.273. The molecular formula is C22H24FN3O3S. The van der Waals surface area contributed by atoms with E-state index in [1.165, 1.54) is 24.5 Å². The summed E-state index contributed by atoms with van der Waals surface area (Å²) in [5.74, 6) is -0.529. The van der Waals surface area contributed by atoms with Gasteiger partial charge in [0, 0.05) is 30.2 Å². The number of carbonyl (C=O) groups excluding carboxylic acids is 1. The first-order valence-corrected chi connectivity index (χ1v) is 11.0. The highest BCUT2D eigenvalue weighted by Crippen LogP contribution is 2.36. The third-order valence-corrected chi connectivity index (χ3v) is 6.82. The third kappa shape index (κ3) is 4.14. The maximum Gasteiger partial charge on any atom is 0.256 e. The lowest BCUT2D eigenvalue weighted by atomic mass is 10.2. The number of aromatic nitrogens is 2. The minimum atomic E-state index is -4.00. The smallest absolute Gasteiger partial charge is 0.256 e. The van der Waals surface area contributed by atoms with Gasteiger partial charge in [-0.05, 0) is 61.7 Å². The van der Waals surface area contributed by atoms with Gasteiger partial charge in [0.05, 0.1) is 4.90 Å². The van der Waals surface area contributed by atoms with Crippen LogP contribution in [0.25, 0.3) is 0 Å². The summed E-state index contributed by atoms with van der Waals surface area (Å²) in [6, 6.07) is 7.78. The Morgan fingerprint density at radius 3 is 2.27 bits per heavy atom. The van der Waals surface area contributed by atoms with E-state index in [1.54, 1.807) is 19.1 Å². The normalized spacial score (nSPS) is 11.7. The summed E-state index contributed by atoms with van der Waals surface area (Å²) in [6.45, 7) is 8.08. The number of sulfone groups is 1. The second-order valence-corrected chi connectivity index (χ2v) is 9.43. The molecule has 1 N–H and O–H groups in total. The molecule has 2 aromatic heterocycles. The number of nitrogens with zero attached hydrogens (tertiary/aromatic N) is 2. The minimum absolute atomic E-state index is 0.0228. The van der Waals surface area contributed by atoms with Crippen molar-refractivity contribution in [2.24, 2.45) is 5.92 Å². The first kappa shape index (κ1) is 21.7. The van der Waals surface area contributed by atoms with Gasteiger partial charge in [0.25, 0.3) is 5.91 Å². The Kier molecular flexibility index (Phi) is 6.07. The van der Waals surface area contributed by atoms with E-state index in [2.05, 4.69) is 10.3 Å². The first-order chi connectivity index (χ1) is 14.1. The van der Waals surface area contributed by atoms with Crippen LogP contribution in [-0.2, 0) is 16.4 Å². The van der Waals surface area contributed by atoms with Crippen molar-refractivity contribution >= 4 is 21.6 Å². The molecule has 0 radical (unpaired) electrons. The van der Waals surface area contributed by atoms with Crippen LogP contribution in [0.2, 0.25) is 0 Å². The molecule has 0 saturated carbocycles. The lowest BCUT2D eigenvalue weighted by molar-refractivity contribution is 0.102. The minimum Gasteiger partial charge on any atom is -0.330 e. The number of halogens is 1. The Morgan fingerprint density at radius 2 is 1.70 bits per heavy atom. The molecule has 0 aliphatic rings. The van der Waals surface area contributed by atoms with Crippen LogP contribution >= 0.6 is 0 Å². The molecule has 0 atom stereocenters. The van der Waals surface area contributed by atoms with Crippen molar-refractivity contribution in [3.63, 3.8) is 0 Å². The van der Waals surface area contributed by atoms with Gasteiger partial charge in [-0.3, -0.25) is 9.78 Å². The van der Waals surface area contributed by atoms with Gasteiger partial charge >= 0.3 is 0 Å². The summed E-state index contributed by atoms with van der Waals surface area (Å²) >= 11 is 0. The van der Waals surface area contributed by atoms with Gasteiger partial charge in [-0.2, -0.15) is 0 Å². The summed E-state index contributed by atoms with van der Waals surface area (Å²) in [7, 11) is -4.00. The molecule has 8 heteroatoms. The molecule has 3 aromatic rings. The molecule has 158 valence electrons. The monoisotopic (exact) mass is 429 g/mol. The van der Waals surface area contributed by atoms with E-state index in [-0.39, 0.29) is 21.5 Å². The number of rotatable bonds is 6. The Balaban J connectivity index is 2.19. The lowest BCUT2D eigenvalue weighted by Crippen LogP contribution is -2.19. The standard InChI is InChI=1S/C22H24FN3O3S/c1-14(2)13-26-16(4)15(3)20(30(28,29)19-7-5-18(23)6-8-19)21(26)25-22(27)17-9-11-24-12-10-17/h5-12,14H,13H2,1-4H3,(H,25,27). The zero-order chi connectivity index (χ0) is 22.1. The van der Waals surface area contributed by atoms with Crippen LogP contribution in [0.4, 0.5) is 10.2 Å². The van der Waals surface area contributed by atoms with Crippen LogP contribution < -0.4 is 5.32 Å². The number of nitrogens with one attached hydrogen (secondary N) is 1. The highest BCUT2D eigenvalue weighted by atomic mass is 32.2. The molecule has 0 fully saturated rings. The van der Waals surface area contributed by atoms with Gasteiger partial charge in [-0.15, -0.1) is 0 Å². The summed E-state index contributed by atoms with van der Waals surface area (Å²) in [4.78, 5) is 16.7. The van der Waals surface area contributed by atoms with E-state index in [0.717, 1.165) is 17.8 Å². The third-order valence-electron chi connectivity index (χ3n) is 4.89. The fourth-order valence-corrected chi connectivity index (χ4v) is 4.99. The van der Waals surface area contributed by atoms with Gasteiger partial charge in [-0.1, -0.05) is 13.8 Å². The average Bonchev–Trinajstić information content (AvgIpc) is 2.93. The molecule has 30 heavy (non-hydrogen) atoms. The number of benzene rings is 1. The van der Waals surface area contributed by atoms with Crippen molar-refractivity contribution in [2.45, 2.75) is 44.0 Å². The molecule has 0 bridgehead atoms. The molecule has 0 aliphatic heterocycles. The number of hydrogen-bond acceptors (Lipinski definition) is 4. The SMILES string of the molecule is Cc1c(S(=O)(=O)c2ccc(F)cc2)c(NC(=O)c2ccncc2)n(CC(C)C)c1C. The van der Waals surface area contributed by atoms with E-state index >= 15 is 0 Å². The van der Waals surface area contributed by atoms with Gasteiger partial charge in [0.2, 0.25) is 9.84 Å². The van der Waals surface area contributed by atoms with E-state index in [1.807, 2.05) is 25.3 Å². The molecule has 2 heterocycles. The molecule has 0 saturated heterocycles. The number of hydrogen-bond donors (Lipinski definition) is 1. The van der Waals surface area contributed by atoms with Crippen LogP contribution in [0.1, 0.15) is 35.5 Å². The topological polar surface area (TPSA) is 81.1 Å². The molecule has 1 amide bonds.